The summed E-state index contributed by atoms with van der Waals surface area (Å²) in [4.78, 5) is 11.0. The van der Waals surface area contributed by atoms with Crippen LogP contribution in [0.2, 0.25) is 0 Å². The Morgan fingerprint density at radius 1 is 1.41 bits per heavy atom. The van der Waals surface area contributed by atoms with Crippen LogP contribution in [0.25, 0.3) is 10.9 Å². The monoisotopic (exact) mass is 232 g/mol. The summed E-state index contributed by atoms with van der Waals surface area (Å²) in [5.74, 6) is -1.00. The molecular formula is C13H16N2O2. The molecule has 3 N–H and O–H groups in total. The SMILES string of the molecule is Cc1ccc2c(C(N)C(=O)O)cn(C)c2c1C. The molecule has 1 unspecified atom stereocenters. The van der Waals surface area contributed by atoms with E-state index >= 15 is 0 Å². The number of aromatic nitrogens is 1. The number of carboxylic acid groups (broad SMARTS) is 1. The minimum atomic E-state index is -1.00. The molecule has 0 amide bonds. The summed E-state index contributed by atoms with van der Waals surface area (Å²) in [6.45, 7) is 4.08. The number of hydrogen-bond acceptors (Lipinski definition) is 2. The lowest BCUT2D eigenvalue weighted by Gasteiger charge is -2.06. The van der Waals surface area contributed by atoms with Crippen LogP contribution in [0.3, 0.4) is 0 Å². The first-order valence-electron chi connectivity index (χ1n) is 5.47. The van der Waals surface area contributed by atoms with Gasteiger partial charge in [0, 0.05) is 24.2 Å². The van der Waals surface area contributed by atoms with E-state index in [0.29, 0.717) is 5.56 Å². The van der Waals surface area contributed by atoms with Crippen LogP contribution in [0, 0.1) is 13.8 Å². The Morgan fingerprint density at radius 2 is 2.06 bits per heavy atom. The Bertz CT molecular complexity index is 599. The van der Waals surface area contributed by atoms with E-state index in [2.05, 4.69) is 0 Å². The minimum Gasteiger partial charge on any atom is -0.480 e. The quantitative estimate of drug-likeness (QED) is 0.830. The van der Waals surface area contributed by atoms with Gasteiger partial charge in [0.1, 0.15) is 6.04 Å². The van der Waals surface area contributed by atoms with Crippen LogP contribution in [0.5, 0.6) is 0 Å². The molecular weight excluding hydrogens is 216 g/mol. The van der Waals surface area contributed by atoms with E-state index in [1.807, 2.05) is 37.6 Å². The molecule has 1 heterocycles. The highest BCUT2D eigenvalue weighted by Gasteiger charge is 2.20. The maximum atomic E-state index is 11.0. The van der Waals surface area contributed by atoms with Crippen molar-refractivity contribution in [2.24, 2.45) is 12.8 Å². The zero-order valence-corrected chi connectivity index (χ0v) is 10.2. The van der Waals surface area contributed by atoms with Gasteiger partial charge in [-0.05, 0) is 25.0 Å². The Hall–Kier alpha value is -1.81. The van der Waals surface area contributed by atoms with Gasteiger partial charge in [0.05, 0.1) is 5.52 Å². The van der Waals surface area contributed by atoms with Gasteiger partial charge in [0.25, 0.3) is 0 Å². The molecule has 0 bridgehead atoms. The molecule has 1 aromatic carbocycles. The van der Waals surface area contributed by atoms with Crippen molar-refractivity contribution in [2.45, 2.75) is 19.9 Å². The van der Waals surface area contributed by atoms with E-state index in [4.69, 9.17) is 10.8 Å². The third-order valence-electron chi connectivity index (χ3n) is 3.30. The fourth-order valence-electron chi connectivity index (χ4n) is 2.21. The molecule has 0 saturated heterocycles. The Kier molecular flexibility index (Phi) is 2.67. The highest BCUT2D eigenvalue weighted by Crippen LogP contribution is 2.29. The molecule has 2 rings (SSSR count). The summed E-state index contributed by atoms with van der Waals surface area (Å²) >= 11 is 0. The molecule has 90 valence electrons. The Balaban J connectivity index is 2.77. The van der Waals surface area contributed by atoms with Crippen molar-refractivity contribution in [3.05, 3.63) is 35.0 Å². The van der Waals surface area contributed by atoms with E-state index in [1.165, 1.54) is 5.56 Å². The molecule has 0 aliphatic carbocycles. The Labute approximate surface area is 99.7 Å². The zero-order valence-electron chi connectivity index (χ0n) is 10.2. The molecule has 1 atom stereocenters. The molecule has 17 heavy (non-hydrogen) atoms. The summed E-state index contributed by atoms with van der Waals surface area (Å²) in [6.07, 6.45) is 1.80. The number of aryl methyl sites for hydroxylation is 3. The second kappa shape index (κ2) is 3.89. The van der Waals surface area contributed by atoms with Crippen LogP contribution in [-0.4, -0.2) is 15.6 Å². The van der Waals surface area contributed by atoms with E-state index in [1.54, 1.807) is 6.20 Å². The smallest absolute Gasteiger partial charge is 0.325 e. The lowest BCUT2D eigenvalue weighted by Crippen LogP contribution is -2.20. The second-order valence-electron chi connectivity index (χ2n) is 4.41. The van der Waals surface area contributed by atoms with Crippen molar-refractivity contribution >= 4 is 16.9 Å². The number of nitrogens with two attached hydrogens (primary N) is 1. The van der Waals surface area contributed by atoms with Crippen LogP contribution >= 0.6 is 0 Å². The van der Waals surface area contributed by atoms with Gasteiger partial charge in [-0.25, -0.2) is 0 Å². The normalized spacial score (nSPS) is 12.9. The largest absolute Gasteiger partial charge is 0.480 e. The molecule has 1 aromatic heterocycles. The number of fused-ring (bicyclic) bond motifs is 1. The maximum Gasteiger partial charge on any atom is 0.325 e. The molecule has 4 nitrogen and oxygen atoms in total. The molecule has 0 aliphatic heterocycles. The molecule has 0 aliphatic rings. The molecule has 0 fully saturated rings. The number of rotatable bonds is 2. The fraction of sp³-hybridized carbons (Fsp3) is 0.308. The van der Waals surface area contributed by atoms with Crippen molar-refractivity contribution in [2.75, 3.05) is 0 Å². The van der Waals surface area contributed by atoms with Crippen molar-refractivity contribution in [3.8, 4) is 0 Å². The van der Waals surface area contributed by atoms with Crippen LogP contribution in [0.1, 0.15) is 22.7 Å². The van der Waals surface area contributed by atoms with E-state index < -0.39 is 12.0 Å². The van der Waals surface area contributed by atoms with Gasteiger partial charge in [-0.15, -0.1) is 0 Å². The van der Waals surface area contributed by atoms with Crippen molar-refractivity contribution in [1.82, 2.24) is 4.57 Å². The summed E-state index contributed by atoms with van der Waals surface area (Å²) in [6, 6.07) is 2.96. The van der Waals surface area contributed by atoms with Crippen LogP contribution < -0.4 is 5.73 Å². The maximum absolute atomic E-state index is 11.0. The molecule has 0 radical (unpaired) electrons. The predicted octanol–water partition coefficient (Wildman–Crippen LogP) is 1.88. The second-order valence-corrected chi connectivity index (χ2v) is 4.41. The lowest BCUT2D eigenvalue weighted by atomic mass is 10.0. The van der Waals surface area contributed by atoms with Crippen LogP contribution in [-0.2, 0) is 11.8 Å². The van der Waals surface area contributed by atoms with Crippen LogP contribution in [0.15, 0.2) is 18.3 Å². The summed E-state index contributed by atoms with van der Waals surface area (Å²) in [5.41, 5.74) is 9.76. The fourth-order valence-corrected chi connectivity index (χ4v) is 2.21. The van der Waals surface area contributed by atoms with Crippen molar-refractivity contribution < 1.29 is 9.90 Å². The van der Waals surface area contributed by atoms with Gasteiger partial charge in [0.15, 0.2) is 0 Å². The van der Waals surface area contributed by atoms with Gasteiger partial charge >= 0.3 is 5.97 Å². The first-order chi connectivity index (χ1) is 7.93. The first-order valence-corrected chi connectivity index (χ1v) is 5.47. The topological polar surface area (TPSA) is 68.2 Å². The molecule has 0 spiro atoms. The minimum absolute atomic E-state index is 0.665. The van der Waals surface area contributed by atoms with E-state index in [9.17, 15) is 4.79 Å². The van der Waals surface area contributed by atoms with Gasteiger partial charge in [-0.2, -0.15) is 0 Å². The number of benzene rings is 1. The molecule has 4 heteroatoms. The Morgan fingerprint density at radius 3 is 2.65 bits per heavy atom. The van der Waals surface area contributed by atoms with E-state index in [0.717, 1.165) is 16.5 Å². The third-order valence-corrected chi connectivity index (χ3v) is 3.30. The zero-order chi connectivity index (χ0) is 12.7. The van der Waals surface area contributed by atoms with Gasteiger partial charge in [-0.3, -0.25) is 4.79 Å². The average Bonchev–Trinajstić information content (AvgIpc) is 2.60. The standard InChI is InChI=1S/C13H16N2O2/c1-7-4-5-9-10(11(14)13(16)17)6-15(3)12(9)8(7)2/h4-6,11H,14H2,1-3H3,(H,16,17). The highest BCUT2D eigenvalue weighted by atomic mass is 16.4. The number of nitrogens with zero attached hydrogens (tertiary/aromatic N) is 1. The van der Waals surface area contributed by atoms with E-state index in [-0.39, 0.29) is 0 Å². The molecule has 0 saturated carbocycles. The van der Waals surface area contributed by atoms with Crippen LogP contribution in [0.4, 0.5) is 0 Å². The average molecular weight is 232 g/mol. The lowest BCUT2D eigenvalue weighted by molar-refractivity contribution is -0.138. The highest BCUT2D eigenvalue weighted by molar-refractivity contribution is 5.91. The number of carbonyl (C=O) groups is 1. The summed E-state index contributed by atoms with van der Waals surface area (Å²) < 4.78 is 1.94. The summed E-state index contributed by atoms with van der Waals surface area (Å²) in [7, 11) is 1.91. The van der Waals surface area contributed by atoms with Crippen molar-refractivity contribution in [1.29, 1.82) is 0 Å². The first kappa shape index (κ1) is 11.7. The predicted molar refractivity (Wildman–Crippen MR) is 67.0 cm³/mol. The third kappa shape index (κ3) is 1.70. The summed E-state index contributed by atoms with van der Waals surface area (Å²) in [5, 5.41) is 9.92. The van der Waals surface area contributed by atoms with Gasteiger partial charge in [0.2, 0.25) is 0 Å². The number of aliphatic carboxylic acids is 1. The van der Waals surface area contributed by atoms with Gasteiger partial charge < -0.3 is 15.4 Å². The van der Waals surface area contributed by atoms with Crippen molar-refractivity contribution in [3.63, 3.8) is 0 Å². The number of carboxylic acids is 1. The van der Waals surface area contributed by atoms with Gasteiger partial charge in [-0.1, -0.05) is 12.1 Å². The molecule has 2 aromatic rings. The number of hydrogen-bond donors (Lipinski definition) is 2.